The number of nitrogens with zero attached hydrogens (tertiary/aromatic N) is 1. The van der Waals surface area contributed by atoms with Crippen LogP contribution >= 0.6 is 7.82 Å². The van der Waals surface area contributed by atoms with Crippen LogP contribution in [0.15, 0.2) is 97.2 Å². The minimum atomic E-state index is -4.36. The first kappa shape index (κ1) is 74.4. The quantitative estimate of drug-likeness (QED) is 0.0243. The van der Waals surface area contributed by atoms with E-state index in [1.54, 1.807) is 6.08 Å². The zero-order chi connectivity index (χ0) is 56.3. The summed E-state index contributed by atoms with van der Waals surface area (Å²) in [6, 6.07) is -0.872. The minimum Gasteiger partial charge on any atom is -0.387 e. The maximum absolute atomic E-state index is 13.0. The molecular weight excluding hydrogens is 972 g/mol. The predicted molar refractivity (Wildman–Crippen MR) is 336 cm³/mol. The maximum atomic E-state index is 13.0. The number of phosphoric acid groups is 1. The molecule has 0 spiro atoms. The Bertz CT molecular complexity index is 1570. The average molecular weight is 1100 g/mol. The van der Waals surface area contributed by atoms with Crippen molar-refractivity contribution in [2.45, 2.75) is 289 Å². The fraction of sp³-hybridized carbons (Fsp3) is 0.750. The molecule has 0 aliphatic heterocycles. The third kappa shape index (κ3) is 60.9. The molecule has 0 aromatic heterocycles. The van der Waals surface area contributed by atoms with Crippen molar-refractivity contribution >= 4 is 13.7 Å². The summed E-state index contributed by atoms with van der Waals surface area (Å²) in [5.74, 6) is -0.190. The van der Waals surface area contributed by atoms with Crippen LogP contribution in [0.25, 0.3) is 0 Å². The lowest BCUT2D eigenvalue weighted by molar-refractivity contribution is -0.870. The average Bonchev–Trinajstić information content (AvgIpc) is 3.39. The third-order valence-corrected chi connectivity index (χ3v) is 15.0. The van der Waals surface area contributed by atoms with Crippen molar-refractivity contribution < 1.29 is 32.9 Å². The van der Waals surface area contributed by atoms with Gasteiger partial charge in [-0.25, -0.2) is 4.57 Å². The van der Waals surface area contributed by atoms with E-state index in [2.05, 4.69) is 104 Å². The molecule has 0 aromatic rings. The first-order valence-corrected chi connectivity index (χ1v) is 33.6. The Morgan fingerprint density at radius 1 is 0.455 bits per heavy atom. The highest BCUT2D eigenvalue weighted by atomic mass is 31.2. The van der Waals surface area contributed by atoms with Crippen molar-refractivity contribution in [3.8, 4) is 0 Å². The molecule has 3 atom stereocenters. The van der Waals surface area contributed by atoms with Crippen LogP contribution in [-0.4, -0.2) is 73.4 Å². The number of amides is 1. The fourth-order valence-electron chi connectivity index (χ4n) is 9.04. The smallest absolute Gasteiger partial charge is 0.387 e. The van der Waals surface area contributed by atoms with Gasteiger partial charge in [-0.1, -0.05) is 278 Å². The van der Waals surface area contributed by atoms with Gasteiger partial charge in [-0.2, -0.15) is 0 Å². The van der Waals surface area contributed by atoms with Gasteiger partial charge >= 0.3 is 7.82 Å². The largest absolute Gasteiger partial charge is 0.472 e. The second kappa shape index (κ2) is 58.1. The molecular formula is C68H124N2O6P+. The third-order valence-electron chi connectivity index (χ3n) is 14.0. The lowest BCUT2D eigenvalue weighted by Gasteiger charge is -2.25. The molecule has 77 heavy (non-hydrogen) atoms. The summed E-state index contributed by atoms with van der Waals surface area (Å²) in [6.45, 7) is 4.67. The molecule has 1 amide bonds. The molecule has 0 bridgehead atoms. The van der Waals surface area contributed by atoms with E-state index in [1.807, 2.05) is 27.2 Å². The molecule has 0 rings (SSSR count). The highest BCUT2D eigenvalue weighted by Gasteiger charge is 2.27. The van der Waals surface area contributed by atoms with Crippen LogP contribution in [0.4, 0.5) is 0 Å². The Morgan fingerprint density at radius 3 is 1.19 bits per heavy atom. The Balaban J connectivity index is 3.98. The van der Waals surface area contributed by atoms with Crippen LogP contribution in [0.5, 0.6) is 0 Å². The van der Waals surface area contributed by atoms with Gasteiger partial charge in [0.15, 0.2) is 0 Å². The van der Waals surface area contributed by atoms with Crippen LogP contribution in [0, 0.1) is 0 Å². The number of aliphatic hydroxyl groups excluding tert-OH is 1. The first-order chi connectivity index (χ1) is 37.5. The predicted octanol–water partition coefficient (Wildman–Crippen LogP) is 20.2. The minimum absolute atomic E-state index is 0.0520. The van der Waals surface area contributed by atoms with Gasteiger partial charge in [-0.15, -0.1) is 0 Å². The molecule has 446 valence electrons. The Labute approximate surface area is 477 Å². The summed E-state index contributed by atoms with van der Waals surface area (Å²) in [5.41, 5.74) is 0. The van der Waals surface area contributed by atoms with Crippen LogP contribution in [0.1, 0.15) is 277 Å². The monoisotopic (exact) mass is 1100 g/mol. The molecule has 0 saturated heterocycles. The van der Waals surface area contributed by atoms with E-state index >= 15 is 0 Å². The van der Waals surface area contributed by atoms with Crippen LogP contribution < -0.4 is 5.32 Å². The molecule has 0 saturated carbocycles. The topological polar surface area (TPSA) is 105 Å². The summed E-state index contributed by atoms with van der Waals surface area (Å²) < 4.78 is 23.7. The molecule has 0 aliphatic rings. The lowest BCUT2D eigenvalue weighted by atomic mass is 10.0. The molecule has 0 aliphatic carbocycles. The van der Waals surface area contributed by atoms with Gasteiger partial charge in [0.1, 0.15) is 13.2 Å². The Hall–Kier alpha value is -2.58. The standard InChI is InChI=1S/C68H123N2O6P/c1-6-8-10-12-14-16-18-20-22-24-25-26-27-28-29-30-31-32-33-34-35-36-37-38-39-40-41-42-43-44-45-46-48-50-52-54-56-58-60-62-68(72)69-66(65-76-77(73,74)75-64-63-70(3,4)5)67(71)61-59-57-55-53-51-49-47-23-21-19-17-15-13-11-9-7-2/h8,10,14,16,20-23,25-26,28-29,51,53,59,61,66-67,71H,6-7,9,11-13,15,17-19,24,27,30-50,52,54-58,60,62-65H2,1-5H3,(H-,69,72,73,74)/p+1/b10-8-,16-14-,22-20-,23-21+,26-25-,29-28-,53-51+,61-59+. The molecule has 0 fully saturated rings. The molecule has 0 heterocycles. The molecule has 0 radical (unpaired) electrons. The zero-order valence-electron chi connectivity index (χ0n) is 50.9. The van der Waals surface area contributed by atoms with Gasteiger partial charge in [0.25, 0.3) is 0 Å². The van der Waals surface area contributed by atoms with Crippen LogP contribution in [0.3, 0.4) is 0 Å². The van der Waals surface area contributed by atoms with Crippen LogP contribution in [-0.2, 0) is 18.4 Å². The number of rotatable bonds is 58. The Morgan fingerprint density at radius 2 is 0.792 bits per heavy atom. The van der Waals surface area contributed by atoms with E-state index < -0.39 is 20.0 Å². The molecule has 0 aromatic carbocycles. The zero-order valence-corrected chi connectivity index (χ0v) is 51.8. The molecule has 3 unspecified atom stereocenters. The number of phosphoric ester groups is 1. The van der Waals surface area contributed by atoms with Gasteiger partial charge < -0.3 is 19.8 Å². The van der Waals surface area contributed by atoms with E-state index in [4.69, 9.17) is 9.05 Å². The number of nitrogens with one attached hydrogen (secondary N) is 1. The van der Waals surface area contributed by atoms with E-state index in [0.717, 1.165) is 77.0 Å². The van der Waals surface area contributed by atoms with Crippen molar-refractivity contribution in [2.24, 2.45) is 0 Å². The number of unbranched alkanes of at least 4 members (excludes halogenated alkanes) is 31. The van der Waals surface area contributed by atoms with Gasteiger partial charge in [-0.3, -0.25) is 13.8 Å². The van der Waals surface area contributed by atoms with E-state index in [9.17, 15) is 19.4 Å². The highest BCUT2D eigenvalue weighted by Crippen LogP contribution is 2.43. The number of carbonyl (C=O) groups excluding carboxylic acids is 1. The van der Waals surface area contributed by atoms with Gasteiger partial charge in [0, 0.05) is 6.42 Å². The van der Waals surface area contributed by atoms with E-state index in [0.29, 0.717) is 17.4 Å². The Kier molecular flexibility index (Phi) is 56.1. The first-order valence-electron chi connectivity index (χ1n) is 32.1. The summed E-state index contributed by atoms with van der Waals surface area (Å²) in [7, 11) is 1.55. The number of carbonyl (C=O) groups is 1. The number of allylic oxidation sites excluding steroid dienone is 15. The normalized spacial score (nSPS) is 14.4. The van der Waals surface area contributed by atoms with Crippen molar-refractivity contribution in [1.29, 1.82) is 0 Å². The second-order valence-corrected chi connectivity index (χ2v) is 24.2. The number of hydrogen-bond acceptors (Lipinski definition) is 5. The fourth-order valence-corrected chi connectivity index (χ4v) is 9.78. The van der Waals surface area contributed by atoms with Crippen molar-refractivity contribution in [3.05, 3.63) is 97.2 Å². The number of aliphatic hydroxyl groups is 1. The molecule has 3 N–H and O–H groups in total. The molecule has 8 nitrogen and oxygen atoms in total. The maximum Gasteiger partial charge on any atom is 0.472 e. The number of hydrogen-bond donors (Lipinski definition) is 3. The van der Waals surface area contributed by atoms with E-state index in [1.165, 1.54) is 180 Å². The second-order valence-electron chi connectivity index (χ2n) is 22.7. The summed E-state index contributed by atoms with van der Waals surface area (Å²) in [6.07, 6.45) is 84.1. The highest BCUT2D eigenvalue weighted by molar-refractivity contribution is 7.47. The van der Waals surface area contributed by atoms with E-state index in [-0.39, 0.29) is 19.1 Å². The summed E-state index contributed by atoms with van der Waals surface area (Å²) in [4.78, 5) is 23.3. The van der Waals surface area contributed by atoms with Gasteiger partial charge in [0.2, 0.25) is 5.91 Å². The SMILES string of the molecule is CC/C=C\C/C=C\C/C=C\C/C=C\C/C=C\CCCCCCCCCCCCCCCCCCCCCCCCCC(=O)NC(COP(=O)(O)OCC[N+](C)(C)C)C(O)/C=C/CC/C=C/CC/C=C/CCCCCCCC. The van der Waals surface area contributed by atoms with Crippen molar-refractivity contribution in [2.75, 3.05) is 40.9 Å². The summed E-state index contributed by atoms with van der Waals surface area (Å²) in [5, 5.41) is 13.9. The van der Waals surface area contributed by atoms with Gasteiger partial charge in [0.05, 0.1) is 39.9 Å². The van der Waals surface area contributed by atoms with Crippen molar-refractivity contribution in [3.63, 3.8) is 0 Å². The van der Waals surface area contributed by atoms with Crippen LogP contribution in [0.2, 0.25) is 0 Å². The summed E-state index contributed by atoms with van der Waals surface area (Å²) >= 11 is 0. The number of likely N-dealkylation sites (N-methyl/N-ethyl adjacent to an activating group) is 1. The number of quaternary nitrogens is 1. The lowest BCUT2D eigenvalue weighted by Crippen LogP contribution is -2.45. The van der Waals surface area contributed by atoms with Crippen molar-refractivity contribution in [1.82, 2.24) is 5.32 Å². The van der Waals surface area contributed by atoms with Gasteiger partial charge in [-0.05, 0) is 89.9 Å². The molecule has 9 heteroatoms.